The molecule has 0 bridgehead atoms. The molecule has 2 N–H and O–H groups in total. The van der Waals surface area contributed by atoms with Crippen molar-refractivity contribution < 1.29 is 0 Å². The van der Waals surface area contributed by atoms with Gasteiger partial charge in [-0.1, -0.05) is 24.3 Å². The molecule has 1 unspecified atom stereocenters. The van der Waals surface area contributed by atoms with Gasteiger partial charge in [0.05, 0.1) is 6.54 Å². The smallest absolute Gasteiger partial charge is 0.191 e. The first-order chi connectivity index (χ1) is 12.7. The molecule has 1 fully saturated rings. The zero-order chi connectivity index (χ0) is 18.4. The first-order valence-corrected chi connectivity index (χ1v) is 9.32. The fourth-order valence-corrected chi connectivity index (χ4v) is 3.31. The van der Waals surface area contributed by atoms with Crippen molar-refractivity contribution in [1.29, 1.82) is 0 Å². The molecule has 0 spiro atoms. The number of rotatable bonds is 8. The van der Waals surface area contributed by atoms with Gasteiger partial charge in [-0.3, -0.25) is 9.67 Å². The largest absolute Gasteiger partial charge is 0.355 e. The highest BCUT2D eigenvalue weighted by atomic mass is 15.3. The molecule has 1 aliphatic carbocycles. The van der Waals surface area contributed by atoms with Gasteiger partial charge >= 0.3 is 0 Å². The van der Waals surface area contributed by atoms with E-state index in [-0.39, 0.29) is 0 Å². The Labute approximate surface area is 156 Å². The van der Waals surface area contributed by atoms with Crippen LogP contribution in [-0.2, 0) is 13.1 Å². The molecule has 1 aliphatic rings. The van der Waals surface area contributed by atoms with Gasteiger partial charge in [0.1, 0.15) is 0 Å². The molecule has 26 heavy (non-hydrogen) atoms. The van der Waals surface area contributed by atoms with Crippen LogP contribution in [0.15, 0.2) is 47.7 Å². The second-order valence-corrected chi connectivity index (χ2v) is 7.15. The van der Waals surface area contributed by atoms with Gasteiger partial charge in [0.25, 0.3) is 0 Å². The lowest BCUT2D eigenvalue weighted by atomic mass is 10.1. The van der Waals surface area contributed by atoms with Crippen LogP contribution in [-0.4, -0.2) is 54.4 Å². The summed E-state index contributed by atoms with van der Waals surface area (Å²) < 4.78 is 1.95. The summed E-state index contributed by atoms with van der Waals surface area (Å²) in [6.07, 6.45) is 6.49. The van der Waals surface area contributed by atoms with Crippen LogP contribution in [0.4, 0.5) is 0 Å². The first kappa shape index (κ1) is 18.5. The Morgan fingerprint density at radius 1 is 1.23 bits per heavy atom. The number of nitrogens with one attached hydrogen (secondary N) is 2. The average Bonchev–Trinajstić information content (AvgIpc) is 3.34. The van der Waals surface area contributed by atoms with E-state index in [0.717, 1.165) is 31.5 Å². The Morgan fingerprint density at radius 3 is 2.62 bits per heavy atom. The van der Waals surface area contributed by atoms with Crippen molar-refractivity contribution in [2.45, 2.75) is 32.0 Å². The van der Waals surface area contributed by atoms with Gasteiger partial charge in [-0.2, -0.15) is 5.10 Å². The fraction of sp³-hybridized carbons (Fsp3) is 0.500. The van der Waals surface area contributed by atoms with Crippen molar-refractivity contribution in [2.24, 2.45) is 10.9 Å². The standard InChI is InChI=1S/C20H30N6/c1-21-20(23-14-19(25(2)3)16-9-10-16)22-13-17-7-4-5-8-18(17)15-26-12-6-11-24-26/h4-8,11-12,16,19H,9-10,13-15H2,1-3H3,(H2,21,22,23). The summed E-state index contributed by atoms with van der Waals surface area (Å²) in [5.74, 6) is 1.68. The lowest BCUT2D eigenvalue weighted by Gasteiger charge is -2.25. The van der Waals surface area contributed by atoms with Gasteiger partial charge in [-0.25, -0.2) is 0 Å². The molecule has 0 amide bonds. The minimum Gasteiger partial charge on any atom is -0.355 e. The molecule has 6 heteroatoms. The Kier molecular flexibility index (Phi) is 6.28. The molecule has 1 heterocycles. The number of hydrogen-bond donors (Lipinski definition) is 2. The monoisotopic (exact) mass is 354 g/mol. The molecule has 0 aliphatic heterocycles. The van der Waals surface area contributed by atoms with Crippen LogP contribution in [0.1, 0.15) is 24.0 Å². The van der Waals surface area contributed by atoms with Gasteiger partial charge in [-0.05, 0) is 50.0 Å². The summed E-state index contributed by atoms with van der Waals surface area (Å²) in [4.78, 5) is 6.69. The molecule has 1 saturated carbocycles. The minimum absolute atomic E-state index is 0.570. The maximum absolute atomic E-state index is 4.38. The molecule has 1 aromatic carbocycles. The van der Waals surface area contributed by atoms with Gasteiger partial charge in [0.15, 0.2) is 5.96 Å². The molecule has 2 aromatic rings. The highest BCUT2D eigenvalue weighted by Crippen LogP contribution is 2.34. The SMILES string of the molecule is CN=C(NCc1ccccc1Cn1cccn1)NCC(C1CC1)N(C)C. The van der Waals surface area contributed by atoms with E-state index in [4.69, 9.17) is 0 Å². The number of guanidine groups is 1. The van der Waals surface area contributed by atoms with Crippen molar-refractivity contribution in [3.05, 3.63) is 53.9 Å². The van der Waals surface area contributed by atoms with Crippen LogP contribution in [0.3, 0.4) is 0 Å². The van der Waals surface area contributed by atoms with Crippen LogP contribution >= 0.6 is 0 Å². The van der Waals surface area contributed by atoms with E-state index in [2.05, 4.69) is 64.0 Å². The summed E-state index contributed by atoms with van der Waals surface area (Å²) in [7, 11) is 6.14. The van der Waals surface area contributed by atoms with E-state index in [1.165, 1.54) is 24.0 Å². The number of benzene rings is 1. The van der Waals surface area contributed by atoms with Crippen molar-refractivity contribution in [3.8, 4) is 0 Å². The van der Waals surface area contributed by atoms with Crippen LogP contribution < -0.4 is 10.6 Å². The summed E-state index contributed by atoms with van der Waals surface area (Å²) in [6, 6.07) is 11.0. The Morgan fingerprint density at radius 2 is 2.00 bits per heavy atom. The molecule has 0 radical (unpaired) electrons. The summed E-state index contributed by atoms with van der Waals surface area (Å²) in [6.45, 7) is 2.45. The second kappa shape index (κ2) is 8.85. The van der Waals surface area contributed by atoms with Crippen LogP contribution in [0.5, 0.6) is 0 Å². The van der Waals surface area contributed by atoms with E-state index in [9.17, 15) is 0 Å². The van der Waals surface area contributed by atoms with E-state index >= 15 is 0 Å². The molecule has 0 saturated heterocycles. The third-order valence-corrected chi connectivity index (χ3v) is 4.99. The summed E-state index contributed by atoms with van der Waals surface area (Å²) >= 11 is 0. The Hall–Kier alpha value is -2.34. The van der Waals surface area contributed by atoms with Gasteiger partial charge in [-0.15, -0.1) is 0 Å². The average molecular weight is 355 g/mol. The molecular weight excluding hydrogens is 324 g/mol. The van der Waals surface area contributed by atoms with Crippen molar-refractivity contribution in [2.75, 3.05) is 27.7 Å². The van der Waals surface area contributed by atoms with Crippen molar-refractivity contribution in [3.63, 3.8) is 0 Å². The molecular formula is C20H30N6. The predicted molar refractivity (Wildman–Crippen MR) is 106 cm³/mol. The number of nitrogens with zero attached hydrogens (tertiary/aromatic N) is 4. The van der Waals surface area contributed by atoms with Crippen molar-refractivity contribution >= 4 is 5.96 Å². The lowest BCUT2D eigenvalue weighted by Crippen LogP contribution is -2.45. The third kappa shape index (κ3) is 5.08. The van der Waals surface area contributed by atoms with Crippen molar-refractivity contribution in [1.82, 2.24) is 25.3 Å². The number of hydrogen-bond acceptors (Lipinski definition) is 3. The zero-order valence-corrected chi connectivity index (χ0v) is 16.0. The zero-order valence-electron chi connectivity index (χ0n) is 16.0. The summed E-state index contributed by atoms with van der Waals surface area (Å²) in [5, 5.41) is 11.2. The van der Waals surface area contributed by atoms with Crippen LogP contribution in [0.25, 0.3) is 0 Å². The third-order valence-electron chi connectivity index (χ3n) is 4.99. The maximum Gasteiger partial charge on any atom is 0.191 e. The maximum atomic E-state index is 4.38. The van der Waals surface area contributed by atoms with E-state index in [1.54, 1.807) is 0 Å². The first-order valence-electron chi connectivity index (χ1n) is 9.32. The molecule has 6 nitrogen and oxygen atoms in total. The fourth-order valence-electron chi connectivity index (χ4n) is 3.31. The molecule has 3 rings (SSSR count). The highest BCUT2D eigenvalue weighted by molar-refractivity contribution is 5.79. The second-order valence-electron chi connectivity index (χ2n) is 7.15. The van der Waals surface area contributed by atoms with Crippen LogP contribution in [0, 0.1) is 5.92 Å². The molecule has 1 atom stereocenters. The Balaban J connectivity index is 1.55. The molecule has 1 aromatic heterocycles. The lowest BCUT2D eigenvalue weighted by molar-refractivity contribution is 0.264. The number of aromatic nitrogens is 2. The predicted octanol–water partition coefficient (Wildman–Crippen LogP) is 1.94. The molecule has 140 valence electrons. The van der Waals surface area contributed by atoms with Crippen LogP contribution in [0.2, 0.25) is 0 Å². The van der Waals surface area contributed by atoms with Gasteiger partial charge < -0.3 is 15.5 Å². The normalized spacial score (nSPS) is 15.9. The van der Waals surface area contributed by atoms with E-state index < -0.39 is 0 Å². The summed E-state index contributed by atoms with van der Waals surface area (Å²) in [5.41, 5.74) is 2.53. The topological polar surface area (TPSA) is 57.5 Å². The highest BCUT2D eigenvalue weighted by Gasteiger charge is 2.32. The number of aliphatic imine (C=N–C) groups is 1. The van der Waals surface area contributed by atoms with E-state index in [1.807, 2.05) is 30.2 Å². The van der Waals surface area contributed by atoms with E-state index in [0.29, 0.717) is 6.04 Å². The quantitative estimate of drug-likeness (QED) is 0.562. The minimum atomic E-state index is 0.570. The van der Waals surface area contributed by atoms with Gasteiger partial charge in [0.2, 0.25) is 0 Å². The Bertz CT molecular complexity index is 701. The number of likely N-dealkylation sites (N-methyl/N-ethyl adjacent to an activating group) is 1. The van der Waals surface area contributed by atoms with Gasteiger partial charge in [0, 0.05) is 38.6 Å².